The second-order valence-corrected chi connectivity index (χ2v) is 10.8. The molecule has 2 aromatic carbocycles. The number of thiazole rings is 1. The molecule has 0 radical (unpaired) electrons. The Morgan fingerprint density at radius 3 is 2.41 bits per heavy atom. The maximum Gasteiger partial charge on any atom is 0.265 e. The molecule has 8 nitrogen and oxygen atoms in total. The highest BCUT2D eigenvalue weighted by Crippen LogP contribution is 2.37. The molecule has 0 bridgehead atoms. The van der Waals surface area contributed by atoms with Crippen molar-refractivity contribution in [1.82, 2.24) is 4.98 Å². The maximum absolute atomic E-state index is 13.2. The van der Waals surface area contributed by atoms with Crippen LogP contribution >= 0.6 is 11.3 Å². The molecule has 0 saturated heterocycles. The van der Waals surface area contributed by atoms with Crippen molar-refractivity contribution >= 4 is 38.1 Å². The fraction of sp³-hybridized carbons (Fsp3) is 0.333. The van der Waals surface area contributed by atoms with E-state index in [0.29, 0.717) is 27.8 Å². The first kappa shape index (κ1) is 24.0. The predicted molar refractivity (Wildman–Crippen MR) is 133 cm³/mol. The van der Waals surface area contributed by atoms with Gasteiger partial charge in [-0.2, -0.15) is 0 Å². The van der Waals surface area contributed by atoms with Crippen LogP contribution in [0.1, 0.15) is 31.4 Å². The van der Waals surface area contributed by atoms with Crippen LogP contribution in [-0.4, -0.2) is 33.5 Å². The number of amides is 1. The van der Waals surface area contributed by atoms with E-state index in [4.69, 9.17) is 9.47 Å². The van der Waals surface area contributed by atoms with Crippen molar-refractivity contribution in [3.63, 3.8) is 0 Å². The van der Waals surface area contributed by atoms with Gasteiger partial charge in [0.05, 0.1) is 24.8 Å². The van der Waals surface area contributed by atoms with Crippen LogP contribution in [-0.2, 0) is 14.8 Å². The van der Waals surface area contributed by atoms with Crippen LogP contribution in [0.5, 0.6) is 11.5 Å². The number of nitrogens with one attached hydrogen (secondary N) is 2. The Labute approximate surface area is 203 Å². The van der Waals surface area contributed by atoms with Gasteiger partial charge in [-0.1, -0.05) is 24.2 Å². The summed E-state index contributed by atoms with van der Waals surface area (Å²) in [6.07, 6.45) is 3.97. The molecule has 1 aliphatic rings. The molecule has 4 rings (SSSR count). The van der Waals surface area contributed by atoms with E-state index in [0.717, 1.165) is 30.6 Å². The zero-order valence-electron chi connectivity index (χ0n) is 19.3. The molecule has 1 amide bonds. The number of ether oxygens (including phenoxy) is 2. The highest BCUT2D eigenvalue weighted by molar-refractivity contribution is 7.92. The summed E-state index contributed by atoms with van der Waals surface area (Å²) in [4.78, 5) is 17.8. The quantitative estimate of drug-likeness (QED) is 0.447. The van der Waals surface area contributed by atoms with E-state index < -0.39 is 10.0 Å². The number of carbonyl (C=O) groups excluding carboxylic acids is 1. The van der Waals surface area contributed by atoms with Gasteiger partial charge in [0.2, 0.25) is 5.91 Å². The van der Waals surface area contributed by atoms with E-state index in [1.165, 1.54) is 18.4 Å². The largest absolute Gasteiger partial charge is 0.497 e. The Morgan fingerprint density at radius 1 is 1.06 bits per heavy atom. The first-order valence-electron chi connectivity index (χ1n) is 10.9. The lowest BCUT2D eigenvalue weighted by molar-refractivity contribution is -0.119. The standard InChI is InChI=1S/C24H27N3O5S2/c1-15-22(33-24(25-15)26-23(28)16-6-4-5-7-16)17-8-13-20(32-3)21(14-17)34(29,30)27-18-9-11-19(31-2)12-10-18/h8-14,16,27H,4-7H2,1-3H3,(H,25,26,28). The zero-order chi connectivity index (χ0) is 24.3. The van der Waals surface area contributed by atoms with Gasteiger partial charge in [-0.15, -0.1) is 0 Å². The molecule has 1 saturated carbocycles. The summed E-state index contributed by atoms with van der Waals surface area (Å²) in [5.74, 6) is 0.884. The van der Waals surface area contributed by atoms with Crippen molar-refractivity contribution in [2.75, 3.05) is 24.3 Å². The Balaban J connectivity index is 1.61. The lowest BCUT2D eigenvalue weighted by atomic mass is 10.1. The fourth-order valence-corrected chi connectivity index (χ4v) is 6.23. The van der Waals surface area contributed by atoms with Crippen molar-refractivity contribution in [1.29, 1.82) is 0 Å². The second-order valence-electron chi connectivity index (χ2n) is 8.10. The minimum absolute atomic E-state index is 0.000473. The summed E-state index contributed by atoms with van der Waals surface area (Å²) in [7, 11) is -0.973. The topological polar surface area (TPSA) is 107 Å². The van der Waals surface area contributed by atoms with E-state index in [1.54, 1.807) is 49.6 Å². The number of sulfonamides is 1. The molecule has 0 atom stereocenters. The number of aryl methyl sites for hydroxylation is 1. The van der Waals surface area contributed by atoms with E-state index in [1.807, 2.05) is 6.92 Å². The van der Waals surface area contributed by atoms with Crippen molar-refractivity contribution < 1.29 is 22.7 Å². The minimum atomic E-state index is -3.94. The van der Waals surface area contributed by atoms with Crippen LogP contribution in [0.3, 0.4) is 0 Å². The number of hydrogen-bond acceptors (Lipinski definition) is 7. The smallest absolute Gasteiger partial charge is 0.265 e. The van der Waals surface area contributed by atoms with Gasteiger partial charge >= 0.3 is 0 Å². The molecule has 10 heteroatoms. The van der Waals surface area contributed by atoms with Crippen LogP contribution in [0.25, 0.3) is 10.4 Å². The summed E-state index contributed by atoms with van der Waals surface area (Å²) in [6, 6.07) is 11.6. The zero-order valence-corrected chi connectivity index (χ0v) is 20.9. The van der Waals surface area contributed by atoms with Crippen LogP contribution in [0.15, 0.2) is 47.4 Å². The first-order valence-corrected chi connectivity index (χ1v) is 13.2. The van der Waals surface area contributed by atoms with Gasteiger partial charge in [-0.05, 0) is 67.8 Å². The fourth-order valence-electron chi connectivity index (χ4n) is 4.01. The Hall–Kier alpha value is -3.11. The Kier molecular flexibility index (Phi) is 7.08. The number of carbonyl (C=O) groups is 1. The molecular formula is C24H27N3O5S2. The van der Waals surface area contributed by atoms with Gasteiger partial charge in [0.1, 0.15) is 16.4 Å². The third-order valence-electron chi connectivity index (χ3n) is 5.81. The molecule has 1 heterocycles. The number of hydrogen-bond donors (Lipinski definition) is 2. The lowest BCUT2D eigenvalue weighted by Crippen LogP contribution is -2.20. The van der Waals surface area contributed by atoms with Crippen molar-refractivity contribution in [3.05, 3.63) is 48.2 Å². The maximum atomic E-state index is 13.2. The van der Waals surface area contributed by atoms with Crippen LogP contribution < -0.4 is 19.5 Å². The highest BCUT2D eigenvalue weighted by Gasteiger charge is 2.25. The molecule has 0 spiro atoms. The third-order valence-corrected chi connectivity index (χ3v) is 8.33. The SMILES string of the molecule is COc1ccc(NS(=O)(=O)c2cc(-c3sc(NC(=O)C4CCCC4)nc3C)ccc2OC)cc1. The number of benzene rings is 2. The van der Waals surface area contributed by atoms with Gasteiger partial charge in [-0.25, -0.2) is 13.4 Å². The van der Waals surface area contributed by atoms with Crippen LogP contribution in [0, 0.1) is 12.8 Å². The summed E-state index contributed by atoms with van der Waals surface area (Å²) in [6.45, 7) is 1.84. The Morgan fingerprint density at radius 2 is 1.76 bits per heavy atom. The van der Waals surface area contributed by atoms with Gasteiger partial charge in [0.15, 0.2) is 5.13 Å². The average molecular weight is 502 g/mol. The van der Waals surface area contributed by atoms with Crippen LogP contribution in [0.4, 0.5) is 10.8 Å². The summed E-state index contributed by atoms with van der Waals surface area (Å²) in [5.41, 5.74) is 1.79. The van der Waals surface area contributed by atoms with E-state index in [9.17, 15) is 13.2 Å². The monoisotopic (exact) mass is 501 g/mol. The number of aromatic nitrogens is 1. The summed E-state index contributed by atoms with van der Waals surface area (Å²) < 4.78 is 39.5. The Bertz CT molecular complexity index is 1280. The van der Waals surface area contributed by atoms with Gasteiger partial charge in [0, 0.05) is 11.6 Å². The molecule has 3 aromatic rings. The number of methoxy groups -OCH3 is 2. The molecule has 0 aliphatic heterocycles. The number of nitrogens with zero attached hydrogens (tertiary/aromatic N) is 1. The minimum Gasteiger partial charge on any atom is -0.497 e. The molecule has 2 N–H and O–H groups in total. The molecule has 1 aromatic heterocycles. The molecule has 0 unspecified atom stereocenters. The highest BCUT2D eigenvalue weighted by atomic mass is 32.2. The summed E-state index contributed by atoms with van der Waals surface area (Å²) in [5, 5.41) is 3.44. The summed E-state index contributed by atoms with van der Waals surface area (Å²) >= 11 is 1.33. The van der Waals surface area contributed by atoms with E-state index in [-0.39, 0.29) is 22.5 Å². The first-order chi connectivity index (χ1) is 16.3. The predicted octanol–water partition coefficient (Wildman–Crippen LogP) is 5.07. The van der Waals surface area contributed by atoms with Gasteiger partial charge in [0.25, 0.3) is 10.0 Å². The number of anilines is 2. The van der Waals surface area contributed by atoms with Crippen molar-refractivity contribution in [2.24, 2.45) is 5.92 Å². The number of rotatable bonds is 8. The second kappa shape index (κ2) is 10.0. The van der Waals surface area contributed by atoms with Gasteiger partial charge in [-0.3, -0.25) is 9.52 Å². The lowest BCUT2D eigenvalue weighted by Gasteiger charge is -2.13. The molecule has 1 aliphatic carbocycles. The van der Waals surface area contributed by atoms with E-state index in [2.05, 4.69) is 15.0 Å². The molecule has 180 valence electrons. The van der Waals surface area contributed by atoms with Crippen LogP contribution in [0.2, 0.25) is 0 Å². The van der Waals surface area contributed by atoms with Gasteiger partial charge < -0.3 is 14.8 Å². The normalized spacial score (nSPS) is 14.1. The molecule has 34 heavy (non-hydrogen) atoms. The van der Waals surface area contributed by atoms with Crippen molar-refractivity contribution in [3.8, 4) is 21.9 Å². The molecular weight excluding hydrogens is 474 g/mol. The third kappa shape index (κ3) is 5.18. The van der Waals surface area contributed by atoms with E-state index >= 15 is 0 Å². The molecule has 1 fully saturated rings. The average Bonchev–Trinajstić information content (AvgIpc) is 3.49. The van der Waals surface area contributed by atoms with Crippen molar-refractivity contribution in [2.45, 2.75) is 37.5 Å².